The normalized spacial score (nSPS) is 10.6. The van der Waals surface area contributed by atoms with E-state index in [1.165, 1.54) is 6.07 Å². The van der Waals surface area contributed by atoms with Crippen LogP contribution in [0.3, 0.4) is 0 Å². The maximum atomic E-state index is 11.4. The molecule has 0 saturated heterocycles. The van der Waals surface area contributed by atoms with E-state index in [1.54, 1.807) is 13.2 Å². The number of nitro groups is 1. The van der Waals surface area contributed by atoms with Gasteiger partial charge in [0.2, 0.25) is 0 Å². The van der Waals surface area contributed by atoms with Gasteiger partial charge >= 0.3 is 0 Å². The number of ether oxygens (including phenoxy) is 1. The number of fused-ring (bicyclic) bond motifs is 1. The molecule has 6 nitrogen and oxygen atoms in total. The number of nitro benzene ring substituents is 1. The van der Waals surface area contributed by atoms with Crippen LogP contribution in [0.4, 0.5) is 17.1 Å². The van der Waals surface area contributed by atoms with E-state index in [2.05, 4.69) is 10.3 Å². The van der Waals surface area contributed by atoms with Crippen molar-refractivity contribution in [3.05, 3.63) is 63.8 Å². The van der Waals surface area contributed by atoms with E-state index >= 15 is 0 Å². The van der Waals surface area contributed by atoms with Crippen molar-refractivity contribution < 1.29 is 9.66 Å². The van der Waals surface area contributed by atoms with Crippen LogP contribution in [0.2, 0.25) is 0 Å². The van der Waals surface area contributed by atoms with Crippen LogP contribution in [0.15, 0.2) is 42.5 Å². The van der Waals surface area contributed by atoms with Gasteiger partial charge in [-0.2, -0.15) is 0 Å². The number of non-ortho nitro benzene ring substituents is 1. The Morgan fingerprint density at radius 1 is 1.12 bits per heavy atom. The number of anilines is 2. The second kappa shape index (κ2) is 6.16. The number of benzene rings is 2. The molecule has 0 aliphatic rings. The molecule has 3 rings (SSSR count). The molecule has 1 N–H and O–H groups in total. The number of nitrogens with one attached hydrogen (secondary N) is 1. The summed E-state index contributed by atoms with van der Waals surface area (Å²) in [5, 5.41) is 15.2. The fourth-order valence-electron chi connectivity index (χ4n) is 2.66. The highest BCUT2D eigenvalue weighted by Gasteiger charge is 2.18. The maximum absolute atomic E-state index is 11.4. The first-order valence-electron chi connectivity index (χ1n) is 7.46. The summed E-state index contributed by atoms with van der Waals surface area (Å²) in [4.78, 5) is 15.5. The lowest BCUT2D eigenvalue weighted by atomic mass is 10.1. The van der Waals surface area contributed by atoms with E-state index in [0.717, 1.165) is 22.7 Å². The molecule has 0 radical (unpaired) electrons. The van der Waals surface area contributed by atoms with E-state index in [0.29, 0.717) is 16.6 Å². The second-order valence-corrected chi connectivity index (χ2v) is 5.55. The molecule has 3 aromatic rings. The van der Waals surface area contributed by atoms with Crippen molar-refractivity contribution in [1.29, 1.82) is 0 Å². The third kappa shape index (κ3) is 2.86. The molecule has 1 aromatic heterocycles. The van der Waals surface area contributed by atoms with Crippen LogP contribution in [0.25, 0.3) is 10.9 Å². The summed E-state index contributed by atoms with van der Waals surface area (Å²) in [6, 6.07) is 12.5. The van der Waals surface area contributed by atoms with Crippen molar-refractivity contribution in [2.75, 3.05) is 12.4 Å². The van der Waals surface area contributed by atoms with E-state index in [1.807, 2.05) is 44.2 Å². The second-order valence-electron chi connectivity index (χ2n) is 5.55. The molecule has 0 unspecified atom stereocenters. The van der Waals surface area contributed by atoms with Crippen LogP contribution in [-0.2, 0) is 0 Å². The number of rotatable bonds is 4. The zero-order valence-corrected chi connectivity index (χ0v) is 13.7. The van der Waals surface area contributed by atoms with Crippen LogP contribution in [0.1, 0.15) is 11.3 Å². The van der Waals surface area contributed by atoms with Crippen LogP contribution < -0.4 is 10.1 Å². The predicted molar refractivity (Wildman–Crippen MR) is 94.1 cm³/mol. The highest BCUT2D eigenvalue weighted by Crippen LogP contribution is 2.35. The molecule has 0 amide bonds. The largest absolute Gasteiger partial charge is 0.497 e. The smallest absolute Gasteiger partial charge is 0.280 e. The number of hydrogen-bond donors (Lipinski definition) is 1. The van der Waals surface area contributed by atoms with Gasteiger partial charge in [0.05, 0.1) is 23.2 Å². The van der Waals surface area contributed by atoms with Gasteiger partial charge in [-0.3, -0.25) is 15.1 Å². The van der Waals surface area contributed by atoms with Gasteiger partial charge in [-0.25, -0.2) is 0 Å². The Morgan fingerprint density at radius 3 is 2.46 bits per heavy atom. The highest BCUT2D eigenvalue weighted by molar-refractivity contribution is 6.01. The number of hydrogen-bond acceptors (Lipinski definition) is 5. The molecule has 0 spiro atoms. The lowest BCUT2D eigenvalue weighted by Gasteiger charge is -2.13. The van der Waals surface area contributed by atoms with Gasteiger partial charge in [-0.05, 0) is 49.7 Å². The van der Waals surface area contributed by atoms with Crippen molar-refractivity contribution >= 4 is 28.0 Å². The first-order valence-corrected chi connectivity index (χ1v) is 7.46. The molecular formula is C18H17N3O3. The summed E-state index contributed by atoms with van der Waals surface area (Å²) in [6.07, 6.45) is 0. The molecule has 6 heteroatoms. The summed E-state index contributed by atoms with van der Waals surface area (Å²) < 4.78 is 5.15. The van der Waals surface area contributed by atoms with Crippen LogP contribution in [-0.4, -0.2) is 17.0 Å². The molecule has 0 aliphatic carbocycles. The Labute approximate surface area is 139 Å². The maximum Gasteiger partial charge on any atom is 0.280 e. The molecule has 0 bridgehead atoms. The SMILES string of the molecule is COc1ccc(Nc2cc(C)nc3c(C)ccc([N+](=O)[O-])c23)cc1. The topological polar surface area (TPSA) is 77.3 Å². The zero-order chi connectivity index (χ0) is 17.3. The molecular weight excluding hydrogens is 306 g/mol. The first-order chi connectivity index (χ1) is 11.5. The fourth-order valence-corrected chi connectivity index (χ4v) is 2.66. The van der Waals surface area contributed by atoms with Gasteiger partial charge in [-0.15, -0.1) is 0 Å². The van der Waals surface area contributed by atoms with Crippen molar-refractivity contribution in [3.8, 4) is 5.75 Å². The average molecular weight is 323 g/mol. The Hall–Kier alpha value is -3.15. The average Bonchev–Trinajstić information content (AvgIpc) is 2.56. The summed E-state index contributed by atoms with van der Waals surface area (Å²) >= 11 is 0. The lowest BCUT2D eigenvalue weighted by Crippen LogP contribution is -1.99. The molecule has 0 fully saturated rings. The third-order valence-corrected chi connectivity index (χ3v) is 3.83. The van der Waals surface area contributed by atoms with E-state index in [9.17, 15) is 10.1 Å². The molecule has 0 atom stereocenters. The molecule has 2 aromatic carbocycles. The Bertz CT molecular complexity index is 921. The van der Waals surface area contributed by atoms with Gasteiger partial charge in [0.15, 0.2) is 0 Å². The van der Waals surface area contributed by atoms with Gasteiger partial charge < -0.3 is 10.1 Å². The Kier molecular flexibility index (Phi) is 4.04. The number of aryl methyl sites for hydroxylation is 2. The minimum atomic E-state index is -0.377. The summed E-state index contributed by atoms with van der Waals surface area (Å²) in [6.45, 7) is 3.77. The standard InChI is InChI=1S/C18H17N3O3/c1-11-4-9-16(21(22)23)17-15(10-12(2)19-18(11)17)20-13-5-7-14(24-3)8-6-13/h4-10H,1-3H3,(H,19,20). The summed E-state index contributed by atoms with van der Waals surface area (Å²) in [5.74, 6) is 0.748. The van der Waals surface area contributed by atoms with Crippen LogP contribution >= 0.6 is 0 Å². The van der Waals surface area contributed by atoms with Crippen LogP contribution in [0.5, 0.6) is 5.75 Å². The van der Waals surface area contributed by atoms with Crippen LogP contribution in [0, 0.1) is 24.0 Å². The molecule has 122 valence electrons. The van der Waals surface area contributed by atoms with Gasteiger partial charge in [0, 0.05) is 17.4 Å². The third-order valence-electron chi connectivity index (χ3n) is 3.83. The quantitative estimate of drug-likeness (QED) is 0.564. The van der Waals surface area contributed by atoms with Gasteiger partial charge in [-0.1, -0.05) is 6.07 Å². The van der Waals surface area contributed by atoms with Crippen molar-refractivity contribution in [2.24, 2.45) is 0 Å². The van der Waals surface area contributed by atoms with Crippen molar-refractivity contribution in [1.82, 2.24) is 4.98 Å². The van der Waals surface area contributed by atoms with Crippen molar-refractivity contribution in [3.63, 3.8) is 0 Å². The fraction of sp³-hybridized carbons (Fsp3) is 0.167. The van der Waals surface area contributed by atoms with Gasteiger partial charge in [0.1, 0.15) is 11.1 Å². The van der Waals surface area contributed by atoms with E-state index in [4.69, 9.17) is 4.74 Å². The van der Waals surface area contributed by atoms with E-state index in [-0.39, 0.29) is 10.6 Å². The number of nitrogens with zero attached hydrogens (tertiary/aromatic N) is 2. The molecule has 0 saturated carbocycles. The zero-order valence-electron chi connectivity index (χ0n) is 13.7. The predicted octanol–water partition coefficient (Wildman–Crippen LogP) is 4.51. The monoisotopic (exact) mass is 323 g/mol. The molecule has 0 aliphatic heterocycles. The first kappa shape index (κ1) is 15.7. The minimum absolute atomic E-state index is 0.0408. The Morgan fingerprint density at radius 2 is 1.83 bits per heavy atom. The summed E-state index contributed by atoms with van der Waals surface area (Å²) in [7, 11) is 1.61. The number of aromatic nitrogens is 1. The van der Waals surface area contributed by atoms with E-state index < -0.39 is 0 Å². The highest BCUT2D eigenvalue weighted by atomic mass is 16.6. The molecule has 1 heterocycles. The van der Waals surface area contributed by atoms with Gasteiger partial charge in [0.25, 0.3) is 5.69 Å². The Balaban J connectivity index is 2.18. The lowest BCUT2D eigenvalue weighted by molar-refractivity contribution is -0.383. The molecule has 24 heavy (non-hydrogen) atoms. The number of pyridine rings is 1. The van der Waals surface area contributed by atoms with Crippen molar-refractivity contribution in [2.45, 2.75) is 13.8 Å². The minimum Gasteiger partial charge on any atom is -0.497 e. The number of methoxy groups -OCH3 is 1. The summed E-state index contributed by atoms with van der Waals surface area (Å²) in [5.41, 5.74) is 3.86.